The van der Waals surface area contributed by atoms with Gasteiger partial charge in [0.25, 0.3) is 0 Å². The summed E-state index contributed by atoms with van der Waals surface area (Å²) < 4.78 is 5.45. The van der Waals surface area contributed by atoms with Crippen LogP contribution in [0.2, 0.25) is 5.02 Å². The van der Waals surface area contributed by atoms with Crippen LogP contribution in [0.3, 0.4) is 0 Å². The molecule has 0 radical (unpaired) electrons. The second-order valence-corrected chi connectivity index (χ2v) is 7.66. The number of nitrogens with zero attached hydrogens (tertiary/aromatic N) is 3. The van der Waals surface area contributed by atoms with Crippen molar-refractivity contribution in [3.63, 3.8) is 0 Å². The standard InChI is InChI=1S/C23H25ClN4O5/c1-33-21-5-3-2-4-15(21)10-16-11-18(14-6-8-17(24)9-7-14)26-28-23(16)27-25-12-19(30)22(32)20(31)13-29/h2-9,11-12,19-20,22,29-32H,10,13H2,1H3,(H,27,28)/b25-12+/t19-,20-,22+/m1/s1. The van der Waals surface area contributed by atoms with E-state index in [4.69, 9.17) is 21.4 Å². The van der Waals surface area contributed by atoms with Gasteiger partial charge in [-0.2, -0.15) is 5.10 Å². The van der Waals surface area contributed by atoms with Gasteiger partial charge >= 0.3 is 0 Å². The minimum atomic E-state index is -1.59. The molecule has 0 saturated heterocycles. The molecular weight excluding hydrogens is 448 g/mol. The zero-order valence-corrected chi connectivity index (χ0v) is 18.6. The van der Waals surface area contributed by atoms with E-state index in [2.05, 4.69) is 20.7 Å². The van der Waals surface area contributed by atoms with Crippen LogP contribution >= 0.6 is 11.6 Å². The highest BCUT2D eigenvalue weighted by atomic mass is 35.5. The molecule has 1 aromatic heterocycles. The SMILES string of the molecule is COc1ccccc1Cc1cc(-c2ccc(Cl)cc2)nnc1N/N=C/[C@@H](O)[C@H](O)[C@H](O)CO. The molecule has 0 aliphatic rings. The minimum Gasteiger partial charge on any atom is -0.496 e. The smallest absolute Gasteiger partial charge is 0.172 e. The molecule has 174 valence electrons. The van der Waals surface area contributed by atoms with Crippen molar-refractivity contribution in [2.75, 3.05) is 19.1 Å². The molecule has 0 amide bonds. The topological polar surface area (TPSA) is 140 Å². The number of hydrogen-bond donors (Lipinski definition) is 5. The molecule has 3 rings (SSSR count). The van der Waals surface area contributed by atoms with E-state index in [-0.39, 0.29) is 0 Å². The van der Waals surface area contributed by atoms with Crippen molar-refractivity contribution < 1.29 is 25.2 Å². The van der Waals surface area contributed by atoms with Crippen molar-refractivity contribution in [3.8, 4) is 17.0 Å². The van der Waals surface area contributed by atoms with Crippen LogP contribution in [0.5, 0.6) is 5.75 Å². The summed E-state index contributed by atoms with van der Waals surface area (Å²) in [5.41, 5.74) is 5.86. The Bertz CT molecular complexity index is 1080. The third-order valence-corrected chi connectivity index (χ3v) is 5.17. The zero-order valence-electron chi connectivity index (χ0n) is 17.8. The molecule has 0 bridgehead atoms. The van der Waals surface area contributed by atoms with Crippen molar-refractivity contribution in [1.82, 2.24) is 10.2 Å². The van der Waals surface area contributed by atoms with Gasteiger partial charge in [0.1, 0.15) is 24.1 Å². The monoisotopic (exact) mass is 472 g/mol. The van der Waals surface area contributed by atoms with Gasteiger partial charge < -0.3 is 25.2 Å². The number of anilines is 1. The summed E-state index contributed by atoms with van der Waals surface area (Å²) in [6.07, 6.45) is -3.13. The summed E-state index contributed by atoms with van der Waals surface area (Å²) in [6, 6.07) is 16.7. The number of methoxy groups -OCH3 is 1. The highest BCUT2D eigenvalue weighted by molar-refractivity contribution is 6.30. The molecule has 0 spiro atoms. The van der Waals surface area contributed by atoms with E-state index in [9.17, 15) is 15.3 Å². The summed E-state index contributed by atoms with van der Waals surface area (Å²) in [7, 11) is 1.60. The Hall–Kier alpha value is -3.08. The Morgan fingerprint density at radius 1 is 1.06 bits per heavy atom. The van der Waals surface area contributed by atoms with Gasteiger partial charge in [0.2, 0.25) is 0 Å². The lowest BCUT2D eigenvalue weighted by molar-refractivity contribution is -0.0541. The summed E-state index contributed by atoms with van der Waals surface area (Å²) >= 11 is 5.99. The lowest BCUT2D eigenvalue weighted by atomic mass is 10.0. The molecule has 2 aromatic carbocycles. The Balaban J connectivity index is 1.90. The van der Waals surface area contributed by atoms with Gasteiger partial charge in [0.05, 0.1) is 25.6 Å². The number of rotatable bonds is 10. The number of nitrogens with one attached hydrogen (secondary N) is 1. The molecule has 0 saturated carbocycles. The number of aromatic nitrogens is 2. The first-order chi connectivity index (χ1) is 15.9. The molecule has 33 heavy (non-hydrogen) atoms. The first-order valence-corrected chi connectivity index (χ1v) is 10.5. The van der Waals surface area contributed by atoms with E-state index in [1.54, 1.807) is 19.2 Å². The molecule has 0 aliphatic heterocycles. The number of aliphatic hydroxyl groups excluding tert-OH is 4. The van der Waals surface area contributed by atoms with Crippen molar-refractivity contribution in [3.05, 3.63) is 70.7 Å². The van der Waals surface area contributed by atoms with E-state index in [0.717, 1.165) is 22.9 Å². The predicted octanol–water partition coefficient (Wildman–Crippen LogP) is 1.87. The summed E-state index contributed by atoms with van der Waals surface area (Å²) in [4.78, 5) is 0. The van der Waals surface area contributed by atoms with Crippen molar-refractivity contribution in [2.45, 2.75) is 24.7 Å². The van der Waals surface area contributed by atoms with Crippen LogP contribution in [0, 0.1) is 0 Å². The maximum Gasteiger partial charge on any atom is 0.172 e. The number of hydrazone groups is 1. The average Bonchev–Trinajstić information content (AvgIpc) is 2.84. The van der Waals surface area contributed by atoms with Crippen LogP contribution < -0.4 is 10.2 Å². The summed E-state index contributed by atoms with van der Waals surface area (Å²) in [5, 5.41) is 51.0. The van der Waals surface area contributed by atoms with Gasteiger partial charge in [-0.05, 0) is 29.8 Å². The van der Waals surface area contributed by atoms with Crippen LogP contribution in [-0.2, 0) is 6.42 Å². The molecule has 10 heteroatoms. The molecule has 3 atom stereocenters. The fourth-order valence-corrected chi connectivity index (χ4v) is 3.20. The predicted molar refractivity (Wildman–Crippen MR) is 125 cm³/mol. The molecule has 1 heterocycles. The maximum absolute atomic E-state index is 9.91. The number of benzene rings is 2. The maximum atomic E-state index is 9.91. The van der Waals surface area contributed by atoms with Gasteiger partial charge in [-0.15, -0.1) is 10.2 Å². The van der Waals surface area contributed by atoms with Gasteiger partial charge in [-0.1, -0.05) is 41.9 Å². The Kier molecular flexibility index (Phi) is 8.70. The van der Waals surface area contributed by atoms with Gasteiger partial charge in [0.15, 0.2) is 5.82 Å². The fourth-order valence-electron chi connectivity index (χ4n) is 3.07. The Morgan fingerprint density at radius 2 is 1.79 bits per heavy atom. The first kappa shape index (κ1) is 24.6. The molecule has 0 aliphatic carbocycles. The van der Waals surface area contributed by atoms with Crippen LogP contribution in [0.1, 0.15) is 11.1 Å². The van der Waals surface area contributed by atoms with Crippen molar-refractivity contribution in [2.24, 2.45) is 5.10 Å². The molecule has 0 unspecified atom stereocenters. The summed E-state index contributed by atoms with van der Waals surface area (Å²) in [5.74, 6) is 1.05. The normalized spacial score (nSPS) is 14.1. The fraction of sp³-hybridized carbons (Fsp3) is 0.261. The third-order valence-electron chi connectivity index (χ3n) is 4.92. The average molecular weight is 473 g/mol. The zero-order chi connectivity index (χ0) is 23.8. The molecule has 0 fully saturated rings. The Morgan fingerprint density at radius 3 is 2.48 bits per heavy atom. The van der Waals surface area contributed by atoms with Crippen LogP contribution in [0.4, 0.5) is 5.82 Å². The van der Waals surface area contributed by atoms with E-state index in [1.165, 1.54) is 0 Å². The van der Waals surface area contributed by atoms with Gasteiger partial charge in [-0.3, -0.25) is 5.43 Å². The van der Waals surface area contributed by atoms with Gasteiger partial charge in [-0.25, -0.2) is 0 Å². The first-order valence-electron chi connectivity index (χ1n) is 10.1. The lowest BCUT2D eigenvalue weighted by Gasteiger charge is -2.18. The highest BCUT2D eigenvalue weighted by Gasteiger charge is 2.22. The second kappa shape index (κ2) is 11.7. The molecular formula is C23H25ClN4O5. The number of ether oxygens (including phenoxy) is 1. The van der Waals surface area contributed by atoms with E-state index < -0.39 is 24.9 Å². The van der Waals surface area contributed by atoms with Crippen LogP contribution in [0.25, 0.3) is 11.3 Å². The molecule has 3 aromatic rings. The molecule has 9 nitrogen and oxygen atoms in total. The quantitative estimate of drug-likeness (QED) is 0.222. The number of hydrogen-bond acceptors (Lipinski definition) is 9. The van der Waals surface area contributed by atoms with Crippen LogP contribution in [0.15, 0.2) is 59.7 Å². The number of halogens is 1. The largest absolute Gasteiger partial charge is 0.496 e. The highest BCUT2D eigenvalue weighted by Crippen LogP contribution is 2.27. The lowest BCUT2D eigenvalue weighted by Crippen LogP contribution is -2.40. The van der Waals surface area contributed by atoms with E-state index in [1.807, 2.05) is 42.5 Å². The summed E-state index contributed by atoms with van der Waals surface area (Å²) in [6.45, 7) is -0.694. The Labute approximate surface area is 196 Å². The minimum absolute atomic E-state index is 0.333. The van der Waals surface area contributed by atoms with Gasteiger partial charge in [0, 0.05) is 22.6 Å². The third kappa shape index (κ3) is 6.47. The van der Waals surface area contributed by atoms with Crippen LogP contribution in [-0.4, -0.2) is 68.9 Å². The van der Waals surface area contributed by atoms with E-state index >= 15 is 0 Å². The number of para-hydroxylation sites is 1. The second-order valence-electron chi connectivity index (χ2n) is 7.22. The molecule has 5 N–H and O–H groups in total. The van der Waals surface area contributed by atoms with E-state index in [0.29, 0.717) is 28.7 Å². The number of aliphatic hydroxyl groups is 4. The van der Waals surface area contributed by atoms with Crippen molar-refractivity contribution in [1.29, 1.82) is 0 Å². The van der Waals surface area contributed by atoms with Crippen molar-refractivity contribution >= 4 is 23.6 Å².